The molecule has 4 nitrogen and oxygen atoms in total. The van der Waals surface area contributed by atoms with E-state index in [4.69, 9.17) is 5.73 Å². The van der Waals surface area contributed by atoms with Crippen LogP contribution in [0.3, 0.4) is 0 Å². The summed E-state index contributed by atoms with van der Waals surface area (Å²) in [6, 6.07) is 0. The van der Waals surface area contributed by atoms with Crippen molar-refractivity contribution in [3.63, 3.8) is 0 Å². The maximum Gasteiger partial charge on any atom is 0.185 e. The molecule has 0 saturated carbocycles. The number of hydrogen-bond acceptors (Lipinski definition) is 5. The number of nitrogens with zero attached hydrogens (tertiary/aromatic N) is 3. The minimum atomic E-state index is 0.610. The average molecular weight is 240 g/mol. The zero-order chi connectivity index (χ0) is 11.5. The van der Waals surface area contributed by atoms with Gasteiger partial charge in [0.1, 0.15) is 0 Å². The normalized spacial score (nSPS) is 18.1. The van der Waals surface area contributed by atoms with Gasteiger partial charge in [-0.15, -0.1) is 11.3 Å². The third-order valence-electron chi connectivity index (χ3n) is 3.16. The number of aryl methyl sites for hydroxylation is 1. The molecule has 1 aromatic rings. The van der Waals surface area contributed by atoms with E-state index in [0.717, 1.165) is 43.5 Å². The fourth-order valence-corrected chi connectivity index (χ4v) is 2.98. The number of thiazole rings is 1. The summed E-state index contributed by atoms with van der Waals surface area (Å²) in [7, 11) is 0. The fraction of sp³-hybridized carbons (Fsp3) is 0.727. The molecule has 1 aliphatic heterocycles. The number of anilines is 1. The molecule has 0 aliphatic carbocycles. The lowest BCUT2D eigenvalue weighted by Gasteiger charge is -2.33. The molecule has 0 unspecified atom stereocenters. The lowest BCUT2D eigenvalue weighted by Crippen LogP contribution is -2.46. The first kappa shape index (κ1) is 11.8. The lowest BCUT2D eigenvalue weighted by molar-refractivity contribution is 0.271. The first-order chi connectivity index (χ1) is 7.74. The molecule has 1 aliphatic rings. The summed E-state index contributed by atoms with van der Waals surface area (Å²) < 4.78 is 0. The van der Waals surface area contributed by atoms with Crippen molar-refractivity contribution in [2.75, 3.05) is 37.6 Å². The van der Waals surface area contributed by atoms with Crippen molar-refractivity contribution >= 4 is 16.5 Å². The summed E-state index contributed by atoms with van der Waals surface area (Å²) in [5.74, 6) is 0. The highest BCUT2D eigenvalue weighted by atomic mass is 32.1. The van der Waals surface area contributed by atoms with Crippen LogP contribution in [0, 0.1) is 6.92 Å². The predicted octanol–water partition coefficient (Wildman–Crippen LogP) is 1.05. The van der Waals surface area contributed by atoms with Crippen molar-refractivity contribution < 1.29 is 0 Å². The van der Waals surface area contributed by atoms with Gasteiger partial charge in [0.15, 0.2) is 5.13 Å². The SMILES string of the molecule is CCN1CCN(c2nc(C)c(CN)s2)CC1. The summed E-state index contributed by atoms with van der Waals surface area (Å²) in [6.07, 6.45) is 0. The van der Waals surface area contributed by atoms with Crippen molar-refractivity contribution in [1.29, 1.82) is 0 Å². The van der Waals surface area contributed by atoms with Crippen molar-refractivity contribution in [1.82, 2.24) is 9.88 Å². The van der Waals surface area contributed by atoms with Crippen LogP contribution in [0.1, 0.15) is 17.5 Å². The molecule has 2 N–H and O–H groups in total. The van der Waals surface area contributed by atoms with E-state index in [2.05, 4.69) is 21.7 Å². The van der Waals surface area contributed by atoms with Gasteiger partial charge in [-0.25, -0.2) is 4.98 Å². The van der Waals surface area contributed by atoms with Gasteiger partial charge in [-0.3, -0.25) is 0 Å². The predicted molar refractivity (Wildman–Crippen MR) is 69.1 cm³/mol. The van der Waals surface area contributed by atoms with E-state index < -0.39 is 0 Å². The van der Waals surface area contributed by atoms with Crippen LogP contribution in [0.5, 0.6) is 0 Å². The second-order valence-electron chi connectivity index (χ2n) is 4.13. The molecular weight excluding hydrogens is 220 g/mol. The lowest BCUT2D eigenvalue weighted by atomic mass is 10.3. The van der Waals surface area contributed by atoms with E-state index in [-0.39, 0.29) is 0 Å². The zero-order valence-electron chi connectivity index (χ0n) is 10.1. The Morgan fingerprint density at radius 1 is 1.31 bits per heavy atom. The smallest absolute Gasteiger partial charge is 0.185 e. The van der Waals surface area contributed by atoms with Gasteiger partial charge in [0.2, 0.25) is 0 Å². The van der Waals surface area contributed by atoms with E-state index in [9.17, 15) is 0 Å². The molecule has 1 aromatic heterocycles. The molecule has 90 valence electrons. The van der Waals surface area contributed by atoms with Crippen LogP contribution in [-0.4, -0.2) is 42.6 Å². The second kappa shape index (κ2) is 5.12. The van der Waals surface area contributed by atoms with Gasteiger partial charge < -0.3 is 15.5 Å². The van der Waals surface area contributed by atoms with Gasteiger partial charge in [-0.1, -0.05) is 6.92 Å². The second-order valence-corrected chi connectivity index (χ2v) is 5.19. The number of rotatable bonds is 3. The Kier molecular flexibility index (Phi) is 3.78. The van der Waals surface area contributed by atoms with Gasteiger partial charge in [-0.2, -0.15) is 0 Å². The van der Waals surface area contributed by atoms with Gasteiger partial charge in [-0.05, 0) is 13.5 Å². The summed E-state index contributed by atoms with van der Waals surface area (Å²) in [5, 5.41) is 1.15. The molecule has 0 spiro atoms. The van der Waals surface area contributed by atoms with Crippen LogP contribution < -0.4 is 10.6 Å². The highest BCUT2D eigenvalue weighted by Crippen LogP contribution is 2.26. The van der Waals surface area contributed by atoms with E-state index in [1.54, 1.807) is 11.3 Å². The summed E-state index contributed by atoms with van der Waals surface area (Å²) in [4.78, 5) is 10.7. The summed E-state index contributed by atoms with van der Waals surface area (Å²) in [6.45, 7) is 10.5. The van der Waals surface area contributed by atoms with Crippen LogP contribution >= 0.6 is 11.3 Å². The minimum Gasteiger partial charge on any atom is -0.346 e. The Morgan fingerprint density at radius 3 is 2.50 bits per heavy atom. The number of nitrogens with two attached hydrogens (primary N) is 1. The van der Waals surface area contributed by atoms with Crippen molar-refractivity contribution in [2.45, 2.75) is 20.4 Å². The summed E-state index contributed by atoms with van der Waals surface area (Å²) in [5.41, 5.74) is 6.78. The third-order valence-corrected chi connectivity index (χ3v) is 4.40. The summed E-state index contributed by atoms with van der Waals surface area (Å²) >= 11 is 1.75. The van der Waals surface area contributed by atoms with Crippen molar-refractivity contribution in [2.24, 2.45) is 5.73 Å². The molecule has 1 fully saturated rings. The van der Waals surface area contributed by atoms with E-state index >= 15 is 0 Å². The number of aromatic nitrogens is 1. The van der Waals surface area contributed by atoms with E-state index in [0.29, 0.717) is 6.54 Å². The quantitative estimate of drug-likeness (QED) is 0.858. The number of piperazine rings is 1. The highest BCUT2D eigenvalue weighted by molar-refractivity contribution is 7.15. The maximum atomic E-state index is 5.68. The van der Waals surface area contributed by atoms with Crippen molar-refractivity contribution in [3.8, 4) is 0 Å². The molecule has 16 heavy (non-hydrogen) atoms. The van der Waals surface area contributed by atoms with Crippen LogP contribution in [0.25, 0.3) is 0 Å². The monoisotopic (exact) mass is 240 g/mol. The molecule has 1 saturated heterocycles. The van der Waals surface area contributed by atoms with E-state index in [1.165, 1.54) is 4.88 Å². The zero-order valence-corrected chi connectivity index (χ0v) is 10.9. The Labute approximate surface area is 101 Å². The van der Waals surface area contributed by atoms with Gasteiger partial charge in [0.05, 0.1) is 5.69 Å². The van der Waals surface area contributed by atoms with E-state index in [1.807, 2.05) is 6.92 Å². The maximum absolute atomic E-state index is 5.68. The number of likely N-dealkylation sites (N-methyl/N-ethyl adjacent to an activating group) is 1. The molecule has 0 radical (unpaired) electrons. The molecule has 0 atom stereocenters. The van der Waals surface area contributed by atoms with Gasteiger partial charge in [0.25, 0.3) is 0 Å². The molecule has 5 heteroatoms. The molecule has 0 amide bonds. The standard InChI is InChI=1S/C11H20N4S/c1-3-14-4-6-15(7-5-14)11-13-9(2)10(8-12)16-11/h3-8,12H2,1-2H3. The van der Waals surface area contributed by atoms with Gasteiger partial charge in [0, 0.05) is 37.6 Å². The minimum absolute atomic E-state index is 0.610. The van der Waals surface area contributed by atoms with Crippen LogP contribution in [0.2, 0.25) is 0 Å². The highest BCUT2D eigenvalue weighted by Gasteiger charge is 2.19. The number of hydrogen-bond donors (Lipinski definition) is 1. The first-order valence-electron chi connectivity index (χ1n) is 5.88. The Balaban J connectivity index is 2.02. The Bertz CT molecular complexity index is 342. The van der Waals surface area contributed by atoms with Crippen LogP contribution in [0.15, 0.2) is 0 Å². The van der Waals surface area contributed by atoms with Crippen molar-refractivity contribution in [3.05, 3.63) is 10.6 Å². The molecular formula is C11H20N4S. The Hall–Kier alpha value is -0.650. The first-order valence-corrected chi connectivity index (χ1v) is 6.70. The fourth-order valence-electron chi connectivity index (χ4n) is 1.99. The third kappa shape index (κ3) is 2.36. The molecule has 0 aromatic carbocycles. The topological polar surface area (TPSA) is 45.4 Å². The molecule has 0 bridgehead atoms. The van der Waals surface area contributed by atoms with Crippen LogP contribution in [-0.2, 0) is 6.54 Å². The molecule has 2 heterocycles. The largest absolute Gasteiger partial charge is 0.346 e. The van der Waals surface area contributed by atoms with Gasteiger partial charge >= 0.3 is 0 Å². The molecule has 2 rings (SSSR count). The van der Waals surface area contributed by atoms with Crippen LogP contribution in [0.4, 0.5) is 5.13 Å². The Morgan fingerprint density at radius 2 is 2.00 bits per heavy atom. The average Bonchev–Trinajstić information content (AvgIpc) is 2.71.